The van der Waals surface area contributed by atoms with E-state index in [-0.39, 0.29) is 23.1 Å². The highest BCUT2D eigenvalue weighted by Gasteiger charge is 2.20. The van der Waals surface area contributed by atoms with Gasteiger partial charge < -0.3 is 9.88 Å². The summed E-state index contributed by atoms with van der Waals surface area (Å²) in [4.78, 5) is 32.6. The molecule has 7 nitrogen and oxygen atoms in total. The van der Waals surface area contributed by atoms with Crippen molar-refractivity contribution >= 4 is 17.7 Å². The maximum Gasteiger partial charge on any atom is 0.267 e. The Balaban J connectivity index is 1.72. The molecule has 0 saturated heterocycles. The Labute approximate surface area is 125 Å². The zero-order chi connectivity index (χ0) is 14.8. The van der Waals surface area contributed by atoms with Crippen LogP contribution in [0.15, 0.2) is 34.9 Å². The molecule has 1 N–H and O–H groups in total. The van der Waals surface area contributed by atoms with E-state index in [1.54, 1.807) is 17.1 Å². The second kappa shape index (κ2) is 5.72. The first kappa shape index (κ1) is 13.9. The van der Waals surface area contributed by atoms with E-state index < -0.39 is 0 Å². The van der Waals surface area contributed by atoms with Crippen LogP contribution < -0.4 is 10.9 Å². The van der Waals surface area contributed by atoms with Gasteiger partial charge in [0.1, 0.15) is 5.56 Å². The zero-order valence-corrected chi connectivity index (χ0v) is 12.3. The van der Waals surface area contributed by atoms with Crippen LogP contribution in [0.1, 0.15) is 17.3 Å². The minimum atomic E-state index is -0.382. The molecule has 3 rings (SSSR count). The van der Waals surface area contributed by atoms with E-state index in [1.165, 1.54) is 18.0 Å². The number of hydrogen-bond acceptors (Lipinski definition) is 5. The first-order chi connectivity index (χ1) is 10.1. The van der Waals surface area contributed by atoms with E-state index >= 15 is 0 Å². The molecular formula is C13H15N5O2S. The van der Waals surface area contributed by atoms with Crippen molar-refractivity contribution in [2.75, 3.05) is 5.75 Å². The summed E-state index contributed by atoms with van der Waals surface area (Å²) < 4.78 is 3.43. The van der Waals surface area contributed by atoms with Gasteiger partial charge in [0, 0.05) is 43.5 Å². The van der Waals surface area contributed by atoms with Gasteiger partial charge in [0.25, 0.3) is 11.5 Å². The Morgan fingerprint density at radius 3 is 3.19 bits per heavy atom. The summed E-state index contributed by atoms with van der Waals surface area (Å²) in [5, 5.41) is 3.50. The minimum absolute atomic E-state index is 0.0960. The molecule has 0 saturated carbocycles. The van der Waals surface area contributed by atoms with Crippen LogP contribution >= 0.6 is 11.8 Å². The molecule has 21 heavy (non-hydrogen) atoms. The fourth-order valence-corrected chi connectivity index (χ4v) is 3.15. The number of carbonyl (C=O) groups is 1. The van der Waals surface area contributed by atoms with Crippen LogP contribution in [0.3, 0.4) is 0 Å². The van der Waals surface area contributed by atoms with E-state index in [0.29, 0.717) is 18.2 Å². The fourth-order valence-electron chi connectivity index (χ4n) is 2.23. The molecule has 2 aromatic heterocycles. The number of amides is 1. The van der Waals surface area contributed by atoms with Crippen molar-refractivity contribution in [3.8, 4) is 0 Å². The number of rotatable bonds is 4. The maximum atomic E-state index is 12.2. The highest BCUT2D eigenvalue weighted by Crippen LogP contribution is 2.20. The summed E-state index contributed by atoms with van der Waals surface area (Å²) in [6.45, 7) is 3.09. The number of nitrogens with zero attached hydrogens (tertiary/aromatic N) is 4. The van der Waals surface area contributed by atoms with Crippen molar-refractivity contribution in [1.82, 2.24) is 24.4 Å². The third kappa shape index (κ3) is 2.85. The normalized spacial score (nSPS) is 14.7. The Hall–Kier alpha value is -2.09. The molecule has 8 heteroatoms. The lowest BCUT2D eigenvalue weighted by Crippen LogP contribution is -2.39. The number of nitrogens with one attached hydrogen (secondary N) is 1. The highest BCUT2D eigenvalue weighted by molar-refractivity contribution is 7.99. The second-order valence-electron chi connectivity index (χ2n) is 4.89. The maximum absolute atomic E-state index is 12.2. The molecule has 1 aliphatic heterocycles. The van der Waals surface area contributed by atoms with E-state index in [2.05, 4.69) is 15.3 Å². The predicted octanol–water partition coefficient (Wildman–Crippen LogP) is 0.364. The molecule has 0 spiro atoms. The van der Waals surface area contributed by atoms with Crippen LogP contribution in [0.2, 0.25) is 0 Å². The van der Waals surface area contributed by atoms with Crippen LogP contribution in [0.5, 0.6) is 0 Å². The molecule has 3 heterocycles. The topological polar surface area (TPSA) is 81.8 Å². The number of carbonyl (C=O) groups excluding carboxylic acids is 1. The molecule has 2 aromatic rings. The lowest BCUT2D eigenvalue weighted by Gasteiger charge is -2.14. The summed E-state index contributed by atoms with van der Waals surface area (Å²) in [6, 6.07) is -0.112. The molecule has 0 aliphatic carbocycles. The zero-order valence-electron chi connectivity index (χ0n) is 11.5. The Kier molecular flexibility index (Phi) is 3.78. The average molecular weight is 305 g/mol. The second-order valence-corrected chi connectivity index (χ2v) is 5.96. The van der Waals surface area contributed by atoms with Gasteiger partial charge in [-0.15, -0.1) is 0 Å². The largest absolute Gasteiger partial charge is 0.348 e. The van der Waals surface area contributed by atoms with Crippen molar-refractivity contribution in [3.63, 3.8) is 0 Å². The van der Waals surface area contributed by atoms with Crippen LogP contribution in [-0.2, 0) is 13.1 Å². The van der Waals surface area contributed by atoms with E-state index in [9.17, 15) is 9.59 Å². The van der Waals surface area contributed by atoms with Crippen molar-refractivity contribution in [1.29, 1.82) is 0 Å². The molecule has 1 atom stereocenters. The number of thioether (sulfide) groups is 1. The summed E-state index contributed by atoms with van der Waals surface area (Å²) in [6.07, 6.45) is 6.56. The molecule has 1 amide bonds. The van der Waals surface area contributed by atoms with E-state index in [4.69, 9.17) is 0 Å². The number of fused-ring (bicyclic) bond motifs is 1. The third-order valence-electron chi connectivity index (χ3n) is 3.22. The predicted molar refractivity (Wildman–Crippen MR) is 78.4 cm³/mol. The van der Waals surface area contributed by atoms with Gasteiger partial charge in [-0.3, -0.25) is 14.2 Å². The summed E-state index contributed by atoms with van der Waals surface area (Å²) >= 11 is 1.53. The quantitative estimate of drug-likeness (QED) is 0.825. The van der Waals surface area contributed by atoms with E-state index in [0.717, 1.165) is 5.75 Å². The molecule has 1 aliphatic rings. The molecule has 0 radical (unpaired) electrons. The molecule has 0 aromatic carbocycles. The molecule has 0 unspecified atom stereocenters. The number of hydrogen-bond donors (Lipinski definition) is 1. The first-order valence-electron chi connectivity index (χ1n) is 6.64. The van der Waals surface area contributed by atoms with Crippen LogP contribution in [0, 0.1) is 0 Å². The van der Waals surface area contributed by atoms with Crippen LogP contribution in [0.25, 0.3) is 0 Å². The molecule has 0 bridgehead atoms. The smallest absolute Gasteiger partial charge is 0.267 e. The summed E-state index contributed by atoms with van der Waals surface area (Å²) in [5.41, 5.74) is -0.170. The molecular weight excluding hydrogens is 290 g/mol. The Morgan fingerprint density at radius 2 is 2.43 bits per heavy atom. The van der Waals surface area contributed by atoms with Gasteiger partial charge in [-0.2, -0.15) is 0 Å². The minimum Gasteiger partial charge on any atom is -0.348 e. The average Bonchev–Trinajstić information content (AvgIpc) is 3.09. The summed E-state index contributed by atoms with van der Waals surface area (Å²) in [5.74, 6) is 0.442. The third-order valence-corrected chi connectivity index (χ3v) is 4.19. The van der Waals surface area contributed by atoms with Crippen molar-refractivity contribution in [2.45, 2.75) is 31.2 Å². The SMILES string of the molecule is C[C@H](Cn1ccnc1)NC(=O)c1cnc2n(c1=O)CCS2. The van der Waals surface area contributed by atoms with Crippen LogP contribution in [0.4, 0.5) is 0 Å². The number of imidazole rings is 1. The van der Waals surface area contributed by atoms with Gasteiger partial charge in [0.15, 0.2) is 5.16 Å². The fraction of sp³-hybridized carbons (Fsp3) is 0.385. The van der Waals surface area contributed by atoms with Crippen molar-refractivity contribution in [3.05, 3.63) is 40.8 Å². The van der Waals surface area contributed by atoms with Crippen molar-refractivity contribution < 1.29 is 4.79 Å². The molecule has 110 valence electrons. The van der Waals surface area contributed by atoms with Gasteiger partial charge in [-0.25, -0.2) is 9.97 Å². The van der Waals surface area contributed by atoms with E-state index in [1.807, 2.05) is 17.7 Å². The highest BCUT2D eigenvalue weighted by atomic mass is 32.2. The summed E-state index contributed by atoms with van der Waals surface area (Å²) in [7, 11) is 0. The first-order valence-corrected chi connectivity index (χ1v) is 7.63. The van der Waals surface area contributed by atoms with Gasteiger partial charge in [0.2, 0.25) is 0 Å². The lowest BCUT2D eigenvalue weighted by atomic mass is 10.2. The van der Waals surface area contributed by atoms with Crippen LogP contribution in [-0.4, -0.2) is 36.8 Å². The van der Waals surface area contributed by atoms with Gasteiger partial charge in [-0.1, -0.05) is 11.8 Å². The lowest BCUT2D eigenvalue weighted by molar-refractivity contribution is 0.0933. The van der Waals surface area contributed by atoms with Gasteiger partial charge in [-0.05, 0) is 6.92 Å². The van der Waals surface area contributed by atoms with Gasteiger partial charge >= 0.3 is 0 Å². The Bertz CT molecular complexity index is 710. The Morgan fingerprint density at radius 1 is 1.57 bits per heavy atom. The number of aromatic nitrogens is 4. The standard InChI is InChI=1S/C13H15N5O2S/c1-9(7-17-3-2-14-8-17)16-11(19)10-6-15-13-18(12(10)20)4-5-21-13/h2-3,6,8-9H,4-5,7H2,1H3,(H,16,19)/t9-/m1/s1. The van der Waals surface area contributed by atoms with Gasteiger partial charge in [0.05, 0.1) is 6.33 Å². The monoisotopic (exact) mass is 305 g/mol. The molecule has 0 fully saturated rings. The van der Waals surface area contributed by atoms with Crippen molar-refractivity contribution in [2.24, 2.45) is 0 Å².